The summed E-state index contributed by atoms with van der Waals surface area (Å²) in [7, 11) is 0. The summed E-state index contributed by atoms with van der Waals surface area (Å²) in [6.07, 6.45) is 2.28. The maximum atomic E-state index is 11.9. The molecular weight excluding hydrogens is 266 g/mol. The number of nitrogens with one attached hydrogen (secondary N) is 1. The molecule has 2 N–H and O–H groups in total. The number of carboxylic acids is 1. The first kappa shape index (κ1) is 19.9. The Kier molecular flexibility index (Phi) is 8.60. The predicted molar refractivity (Wildman–Crippen MR) is 86.1 cm³/mol. The summed E-state index contributed by atoms with van der Waals surface area (Å²) in [6.45, 7) is 13.4. The lowest BCUT2D eigenvalue weighted by Crippen LogP contribution is -2.31. The van der Waals surface area contributed by atoms with E-state index in [0.29, 0.717) is 37.1 Å². The molecule has 0 bridgehead atoms. The number of carboxylic acid groups (broad SMARTS) is 1. The van der Waals surface area contributed by atoms with Gasteiger partial charge in [0, 0.05) is 19.4 Å². The van der Waals surface area contributed by atoms with Crippen molar-refractivity contribution in [3.05, 3.63) is 0 Å². The summed E-state index contributed by atoms with van der Waals surface area (Å²) in [4.78, 5) is 22.6. The topological polar surface area (TPSA) is 66.4 Å². The highest BCUT2D eigenvalue weighted by atomic mass is 16.4. The van der Waals surface area contributed by atoms with E-state index in [4.69, 9.17) is 5.11 Å². The fraction of sp³-hybridized carbons (Fsp3) is 0.882. The third kappa shape index (κ3) is 9.48. The Morgan fingerprint density at radius 2 is 1.67 bits per heavy atom. The van der Waals surface area contributed by atoms with Gasteiger partial charge in [0.2, 0.25) is 5.91 Å². The standard InChI is InChI=1S/C17H33NO3/c1-12(2)14(7-8-16(20)21)9-10-18-15(19)11-13(3)17(4,5)6/h12-14H,7-11H2,1-6H3,(H,18,19)(H,20,21). The summed E-state index contributed by atoms with van der Waals surface area (Å²) in [5.74, 6) is 0.475. The zero-order valence-corrected chi connectivity index (χ0v) is 14.5. The summed E-state index contributed by atoms with van der Waals surface area (Å²) < 4.78 is 0. The van der Waals surface area contributed by atoms with Crippen molar-refractivity contribution in [1.82, 2.24) is 5.32 Å². The molecule has 0 spiro atoms. The average Bonchev–Trinajstić information content (AvgIpc) is 2.31. The minimum absolute atomic E-state index is 0.0955. The minimum Gasteiger partial charge on any atom is -0.481 e. The van der Waals surface area contributed by atoms with Crippen LogP contribution in [0.25, 0.3) is 0 Å². The van der Waals surface area contributed by atoms with Crippen LogP contribution in [0.2, 0.25) is 0 Å². The molecule has 2 unspecified atom stereocenters. The van der Waals surface area contributed by atoms with Crippen molar-refractivity contribution in [1.29, 1.82) is 0 Å². The fourth-order valence-electron chi connectivity index (χ4n) is 2.17. The first-order chi connectivity index (χ1) is 9.54. The summed E-state index contributed by atoms with van der Waals surface area (Å²) in [6, 6.07) is 0. The minimum atomic E-state index is -0.747. The van der Waals surface area contributed by atoms with Crippen molar-refractivity contribution in [2.45, 2.75) is 67.2 Å². The van der Waals surface area contributed by atoms with E-state index in [1.54, 1.807) is 0 Å². The molecule has 0 saturated heterocycles. The number of amides is 1. The van der Waals surface area contributed by atoms with E-state index in [2.05, 4.69) is 46.9 Å². The lowest BCUT2D eigenvalue weighted by atomic mass is 9.80. The van der Waals surface area contributed by atoms with Crippen LogP contribution in [0.1, 0.15) is 67.2 Å². The van der Waals surface area contributed by atoms with E-state index in [1.165, 1.54) is 0 Å². The Morgan fingerprint density at radius 3 is 2.10 bits per heavy atom. The van der Waals surface area contributed by atoms with Gasteiger partial charge in [0.1, 0.15) is 0 Å². The number of hydrogen-bond acceptors (Lipinski definition) is 2. The van der Waals surface area contributed by atoms with Crippen LogP contribution in [0, 0.1) is 23.2 Å². The molecule has 0 aromatic heterocycles. The number of carbonyl (C=O) groups excluding carboxylic acids is 1. The molecule has 0 aliphatic carbocycles. The molecule has 0 fully saturated rings. The van der Waals surface area contributed by atoms with Crippen molar-refractivity contribution >= 4 is 11.9 Å². The van der Waals surface area contributed by atoms with Gasteiger partial charge in [-0.1, -0.05) is 41.5 Å². The van der Waals surface area contributed by atoms with Crippen LogP contribution in [0.5, 0.6) is 0 Å². The van der Waals surface area contributed by atoms with Crippen LogP contribution in [-0.2, 0) is 9.59 Å². The second-order valence-electron chi connectivity index (χ2n) is 7.55. The fourth-order valence-corrected chi connectivity index (χ4v) is 2.17. The monoisotopic (exact) mass is 299 g/mol. The summed E-state index contributed by atoms with van der Waals surface area (Å²) in [5, 5.41) is 11.7. The molecule has 2 atom stereocenters. The van der Waals surface area contributed by atoms with Gasteiger partial charge in [-0.05, 0) is 36.0 Å². The van der Waals surface area contributed by atoms with Gasteiger partial charge in [-0.25, -0.2) is 0 Å². The predicted octanol–water partition coefficient (Wildman–Crippen LogP) is 3.70. The average molecular weight is 299 g/mol. The number of hydrogen-bond donors (Lipinski definition) is 2. The van der Waals surface area contributed by atoms with E-state index < -0.39 is 5.97 Å². The van der Waals surface area contributed by atoms with E-state index >= 15 is 0 Å². The van der Waals surface area contributed by atoms with Crippen LogP contribution in [-0.4, -0.2) is 23.5 Å². The van der Waals surface area contributed by atoms with Crippen molar-refractivity contribution in [2.75, 3.05) is 6.54 Å². The molecule has 124 valence electrons. The van der Waals surface area contributed by atoms with Gasteiger partial charge in [0.05, 0.1) is 0 Å². The van der Waals surface area contributed by atoms with Gasteiger partial charge >= 0.3 is 5.97 Å². The number of carbonyl (C=O) groups is 2. The largest absolute Gasteiger partial charge is 0.481 e. The van der Waals surface area contributed by atoms with Crippen molar-refractivity contribution in [3.63, 3.8) is 0 Å². The summed E-state index contributed by atoms with van der Waals surface area (Å²) in [5.41, 5.74) is 0.138. The Hall–Kier alpha value is -1.06. The maximum Gasteiger partial charge on any atom is 0.303 e. The van der Waals surface area contributed by atoms with Crippen LogP contribution >= 0.6 is 0 Å². The number of rotatable bonds is 9. The Morgan fingerprint density at radius 1 is 1.10 bits per heavy atom. The highest BCUT2D eigenvalue weighted by Crippen LogP contribution is 2.27. The van der Waals surface area contributed by atoms with Crippen molar-refractivity contribution < 1.29 is 14.7 Å². The first-order valence-corrected chi connectivity index (χ1v) is 8.02. The molecular formula is C17H33NO3. The molecule has 0 rings (SSSR count). The molecule has 0 aromatic rings. The SMILES string of the molecule is CC(C)C(CCNC(=O)CC(C)C(C)(C)C)CCC(=O)O. The van der Waals surface area contributed by atoms with Gasteiger partial charge in [0.25, 0.3) is 0 Å². The van der Waals surface area contributed by atoms with E-state index in [1.807, 2.05) is 0 Å². The van der Waals surface area contributed by atoms with Crippen molar-refractivity contribution in [2.24, 2.45) is 23.2 Å². The van der Waals surface area contributed by atoms with E-state index in [-0.39, 0.29) is 17.7 Å². The molecule has 0 aromatic carbocycles. The third-order valence-corrected chi connectivity index (χ3v) is 4.48. The molecule has 21 heavy (non-hydrogen) atoms. The normalized spacial score (nSPS) is 14.8. The van der Waals surface area contributed by atoms with Gasteiger partial charge in [-0.2, -0.15) is 0 Å². The van der Waals surface area contributed by atoms with Crippen LogP contribution < -0.4 is 5.32 Å². The number of aliphatic carboxylic acids is 1. The maximum absolute atomic E-state index is 11.9. The highest BCUT2D eigenvalue weighted by Gasteiger charge is 2.22. The molecule has 0 radical (unpaired) electrons. The van der Waals surface area contributed by atoms with Gasteiger partial charge in [0.15, 0.2) is 0 Å². The smallest absolute Gasteiger partial charge is 0.303 e. The molecule has 1 amide bonds. The van der Waals surface area contributed by atoms with Gasteiger partial charge < -0.3 is 10.4 Å². The van der Waals surface area contributed by atoms with Crippen LogP contribution in [0.3, 0.4) is 0 Å². The van der Waals surface area contributed by atoms with Crippen LogP contribution in [0.4, 0.5) is 0 Å². The zero-order chi connectivity index (χ0) is 16.6. The third-order valence-electron chi connectivity index (χ3n) is 4.48. The Balaban J connectivity index is 4.08. The van der Waals surface area contributed by atoms with Gasteiger partial charge in [-0.15, -0.1) is 0 Å². The second-order valence-corrected chi connectivity index (χ2v) is 7.55. The summed E-state index contributed by atoms with van der Waals surface area (Å²) >= 11 is 0. The zero-order valence-electron chi connectivity index (χ0n) is 14.5. The second kappa shape index (κ2) is 9.06. The molecule has 4 nitrogen and oxygen atoms in total. The lowest BCUT2D eigenvalue weighted by molar-refractivity contribution is -0.137. The van der Waals surface area contributed by atoms with E-state index in [9.17, 15) is 9.59 Å². The van der Waals surface area contributed by atoms with Crippen LogP contribution in [0.15, 0.2) is 0 Å². The molecule has 4 heteroatoms. The lowest BCUT2D eigenvalue weighted by Gasteiger charge is -2.27. The van der Waals surface area contributed by atoms with E-state index in [0.717, 1.165) is 6.42 Å². The quantitative estimate of drug-likeness (QED) is 0.682. The molecule has 0 heterocycles. The highest BCUT2D eigenvalue weighted by molar-refractivity contribution is 5.76. The molecule has 0 aliphatic rings. The molecule has 0 saturated carbocycles. The Bertz CT molecular complexity index is 331. The first-order valence-electron chi connectivity index (χ1n) is 8.02. The van der Waals surface area contributed by atoms with Gasteiger partial charge in [-0.3, -0.25) is 9.59 Å². The molecule has 0 aliphatic heterocycles. The van der Waals surface area contributed by atoms with Crippen molar-refractivity contribution in [3.8, 4) is 0 Å². The Labute approximate surface area is 129 Å².